The maximum absolute atomic E-state index is 13.7. The molecule has 6 N–H and O–H groups in total. The summed E-state index contributed by atoms with van der Waals surface area (Å²) in [6.07, 6.45) is -7.55. The monoisotopic (exact) mass is 698 g/mol. The molecule has 0 aromatic rings. The zero-order chi connectivity index (χ0) is 36.0. The lowest BCUT2D eigenvalue weighted by atomic mass is 9.38. The average molecular weight is 699 g/mol. The van der Waals surface area contributed by atoms with Crippen LogP contribution in [-0.4, -0.2) is 114 Å². The molecule has 2 saturated carbocycles. The van der Waals surface area contributed by atoms with Gasteiger partial charge in [-0.1, -0.05) is 12.5 Å². The summed E-state index contributed by atoms with van der Waals surface area (Å²) in [7, 11) is 1.07. The zero-order valence-corrected chi connectivity index (χ0v) is 27.9. The number of ether oxygens (including phenoxy) is 5. The van der Waals surface area contributed by atoms with Gasteiger partial charge in [-0.2, -0.15) is 0 Å². The number of nitrogens with two attached hydrogens (primary N) is 1. The number of methoxy groups -OCH3 is 1. The molecule has 13 atom stereocenters. The molecule has 3 heterocycles. The van der Waals surface area contributed by atoms with Crippen molar-refractivity contribution in [3.63, 3.8) is 0 Å². The number of alkyl halides is 2. The molecule has 3 saturated heterocycles. The number of fused-ring (bicyclic) bond motifs is 2. The summed E-state index contributed by atoms with van der Waals surface area (Å²) in [5.41, 5.74) is 2.28. The van der Waals surface area contributed by atoms with Gasteiger partial charge in [0.05, 0.1) is 38.7 Å². The normalized spacial score (nSPS) is 43.8. The number of halogens is 2. The van der Waals surface area contributed by atoms with Gasteiger partial charge < -0.3 is 50.1 Å². The Morgan fingerprint density at radius 2 is 1.86 bits per heavy atom. The SMILES string of the molecule is COC(=O)[C@@]12OC[C@]34C([C@@H](O)[C@@H]1O)[C@@]1(C)CC(O)C(OC(=O)C[C@@H](N)[C@@H]5CC(F)(F)CN5)=C(C)[C@@H]1C[C@H]3OC(=O)[C@H](OC(=O)C=C(C)C)[C@@H]24. The predicted octanol–water partition coefficient (Wildman–Crippen LogP) is 0.00860. The van der Waals surface area contributed by atoms with Crippen LogP contribution in [0.15, 0.2) is 23.0 Å². The Morgan fingerprint density at radius 1 is 1.16 bits per heavy atom. The second kappa shape index (κ2) is 12.0. The number of carbonyl (C=O) groups is 4. The van der Waals surface area contributed by atoms with Crippen LogP contribution in [0.2, 0.25) is 0 Å². The average Bonchev–Trinajstić information content (AvgIpc) is 3.53. The molecule has 272 valence electrons. The van der Waals surface area contributed by atoms with Gasteiger partial charge in [0.2, 0.25) is 11.7 Å². The smallest absolute Gasteiger partial charge is 0.348 e. The van der Waals surface area contributed by atoms with Crippen molar-refractivity contribution in [3.8, 4) is 0 Å². The number of aliphatic hydroxyl groups excluding tert-OH is 3. The van der Waals surface area contributed by atoms with Crippen LogP contribution in [0.1, 0.15) is 53.4 Å². The second-order valence-corrected chi connectivity index (χ2v) is 15.0. The van der Waals surface area contributed by atoms with Gasteiger partial charge in [0.1, 0.15) is 24.1 Å². The predicted molar refractivity (Wildman–Crippen MR) is 161 cm³/mol. The maximum atomic E-state index is 13.7. The van der Waals surface area contributed by atoms with Crippen LogP contribution in [0.25, 0.3) is 0 Å². The molecule has 14 nitrogen and oxygen atoms in total. The van der Waals surface area contributed by atoms with Gasteiger partial charge in [-0.25, -0.2) is 23.2 Å². The van der Waals surface area contributed by atoms with E-state index in [0.29, 0.717) is 11.1 Å². The van der Waals surface area contributed by atoms with Gasteiger partial charge in [-0.3, -0.25) is 4.79 Å². The first-order valence-electron chi connectivity index (χ1n) is 16.4. The maximum Gasteiger partial charge on any atom is 0.348 e. The lowest BCUT2D eigenvalue weighted by molar-refractivity contribution is -0.293. The van der Waals surface area contributed by atoms with Crippen molar-refractivity contribution in [1.29, 1.82) is 0 Å². The number of esters is 4. The summed E-state index contributed by atoms with van der Waals surface area (Å²) in [5, 5.41) is 37.8. The van der Waals surface area contributed by atoms with Gasteiger partial charge in [-0.15, -0.1) is 0 Å². The molecule has 2 bridgehead atoms. The highest BCUT2D eigenvalue weighted by Crippen LogP contribution is 2.73. The van der Waals surface area contributed by atoms with Crippen molar-refractivity contribution in [3.05, 3.63) is 23.0 Å². The second-order valence-electron chi connectivity index (χ2n) is 15.0. The molecule has 3 aliphatic carbocycles. The molecule has 16 heteroatoms. The van der Waals surface area contributed by atoms with Crippen molar-refractivity contribution < 1.29 is 67.0 Å². The van der Waals surface area contributed by atoms with E-state index in [-0.39, 0.29) is 25.2 Å². The Morgan fingerprint density at radius 3 is 2.47 bits per heavy atom. The summed E-state index contributed by atoms with van der Waals surface area (Å²) < 4.78 is 55.9. The summed E-state index contributed by atoms with van der Waals surface area (Å²) in [6.45, 7) is 5.88. The van der Waals surface area contributed by atoms with E-state index in [4.69, 9.17) is 29.4 Å². The van der Waals surface area contributed by atoms with Crippen LogP contribution in [0.3, 0.4) is 0 Å². The fraction of sp³-hybridized carbons (Fsp3) is 0.758. The van der Waals surface area contributed by atoms with Gasteiger partial charge >= 0.3 is 23.9 Å². The van der Waals surface area contributed by atoms with Crippen LogP contribution < -0.4 is 11.1 Å². The molecule has 6 rings (SSSR count). The number of allylic oxidation sites excluding steroid dienone is 2. The van der Waals surface area contributed by atoms with E-state index in [1.807, 2.05) is 0 Å². The molecule has 1 spiro atoms. The van der Waals surface area contributed by atoms with Gasteiger partial charge in [0.25, 0.3) is 5.92 Å². The van der Waals surface area contributed by atoms with E-state index in [1.54, 1.807) is 27.7 Å². The highest BCUT2D eigenvalue weighted by molar-refractivity contribution is 5.89. The summed E-state index contributed by atoms with van der Waals surface area (Å²) in [6, 6.07) is -1.79. The molecular weight excluding hydrogens is 654 g/mol. The molecule has 3 aliphatic heterocycles. The zero-order valence-electron chi connectivity index (χ0n) is 27.9. The van der Waals surface area contributed by atoms with Gasteiger partial charge in [-0.05, 0) is 50.5 Å². The fourth-order valence-corrected chi connectivity index (χ4v) is 10.1. The number of nitrogens with one attached hydrogen (secondary N) is 1. The minimum atomic E-state index is -2.94. The van der Waals surface area contributed by atoms with Crippen LogP contribution in [0.4, 0.5) is 8.78 Å². The van der Waals surface area contributed by atoms with Crippen LogP contribution >= 0.6 is 0 Å². The lowest BCUT2D eigenvalue weighted by Crippen LogP contribution is -2.79. The third-order valence-electron chi connectivity index (χ3n) is 11.9. The largest absolute Gasteiger partial charge is 0.467 e. The van der Waals surface area contributed by atoms with Gasteiger partial charge in [0, 0.05) is 35.9 Å². The topological polar surface area (TPSA) is 213 Å². The van der Waals surface area contributed by atoms with Crippen molar-refractivity contribution in [2.24, 2.45) is 34.3 Å². The van der Waals surface area contributed by atoms with E-state index in [9.17, 15) is 43.3 Å². The fourth-order valence-electron chi connectivity index (χ4n) is 10.1. The number of hydrogen-bond acceptors (Lipinski definition) is 14. The lowest BCUT2D eigenvalue weighted by Gasteiger charge is -2.67. The molecular formula is C33H44F2N2O12. The quantitative estimate of drug-likeness (QED) is 0.135. The highest BCUT2D eigenvalue weighted by Gasteiger charge is 2.85. The Labute approximate surface area is 281 Å². The minimum absolute atomic E-state index is 0.0648. The summed E-state index contributed by atoms with van der Waals surface area (Å²) in [4.78, 5) is 53.1. The van der Waals surface area contributed by atoms with Crippen molar-refractivity contribution in [2.45, 2.75) is 108 Å². The van der Waals surface area contributed by atoms with E-state index in [0.717, 1.165) is 13.2 Å². The number of aliphatic hydroxyl groups is 3. The number of carbonyl (C=O) groups excluding carboxylic acids is 4. The summed E-state index contributed by atoms with van der Waals surface area (Å²) in [5.74, 6) is -9.72. The molecule has 6 aliphatic rings. The Bertz CT molecular complexity index is 1500. The van der Waals surface area contributed by atoms with E-state index in [2.05, 4.69) is 5.32 Å². The molecule has 5 fully saturated rings. The summed E-state index contributed by atoms with van der Waals surface area (Å²) >= 11 is 0. The molecule has 0 radical (unpaired) electrons. The van der Waals surface area contributed by atoms with E-state index in [1.165, 1.54) is 0 Å². The first kappa shape index (κ1) is 35.8. The molecule has 0 amide bonds. The molecule has 0 aromatic heterocycles. The molecule has 49 heavy (non-hydrogen) atoms. The Kier molecular flexibility index (Phi) is 8.80. The first-order chi connectivity index (χ1) is 22.8. The van der Waals surface area contributed by atoms with Gasteiger partial charge in [0.15, 0.2) is 0 Å². The third kappa shape index (κ3) is 5.24. The van der Waals surface area contributed by atoms with Crippen LogP contribution in [0, 0.1) is 28.6 Å². The van der Waals surface area contributed by atoms with Crippen LogP contribution in [0.5, 0.6) is 0 Å². The molecule has 2 unspecified atom stereocenters. The third-order valence-corrected chi connectivity index (χ3v) is 11.9. The van der Waals surface area contributed by atoms with Crippen LogP contribution in [-0.2, 0) is 42.9 Å². The van der Waals surface area contributed by atoms with E-state index >= 15 is 0 Å². The Hall–Kier alpha value is -3.02. The van der Waals surface area contributed by atoms with Crippen molar-refractivity contribution in [2.75, 3.05) is 20.3 Å². The Balaban J connectivity index is 1.37. The standard InChI is InChI=1S/C33H44F2N2O12/c1-13(2)6-20(39)49-24-26-32-12-46-33(26,29(44)45-5)27(42)22(41)25(32)30(4)10-18(38)23(14(3)15(30)7-19(32)47-28(24)43)48-21(40)8-16(36)17-9-31(34,35)11-37-17/h6,15-19,22,24-27,37-38,41-42H,7-12,36H2,1-5H3/t15-,16+,17-,18?,19+,22+,24+,25?,26+,27-,30-,32+,33-/m0/s1. The number of hydrogen-bond donors (Lipinski definition) is 5. The van der Waals surface area contributed by atoms with Crippen molar-refractivity contribution in [1.82, 2.24) is 5.32 Å². The first-order valence-corrected chi connectivity index (χ1v) is 16.4. The van der Waals surface area contributed by atoms with Crippen molar-refractivity contribution >= 4 is 23.9 Å². The number of rotatable bonds is 7. The molecule has 0 aromatic carbocycles. The van der Waals surface area contributed by atoms with E-state index < -0.39 is 126 Å². The minimum Gasteiger partial charge on any atom is -0.467 e. The highest BCUT2D eigenvalue weighted by atomic mass is 19.3.